The van der Waals surface area contributed by atoms with E-state index in [2.05, 4.69) is 10.3 Å². The van der Waals surface area contributed by atoms with Crippen molar-refractivity contribution < 1.29 is 18.3 Å². The Morgan fingerprint density at radius 2 is 1.79 bits per heavy atom. The van der Waals surface area contributed by atoms with Gasteiger partial charge in [0, 0.05) is 42.4 Å². The summed E-state index contributed by atoms with van der Waals surface area (Å²) < 4.78 is 38.9. The monoisotopic (exact) mass is 400 g/mol. The van der Waals surface area contributed by atoms with E-state index in [1.807, 2.05) is 6.07 Å². The number of alkyl halides is 2. The first-order valence-electron chi connectivity index (χ1n) is 9.85. The molecular weight excluding hydrogens is 377 g/mol. The molecule has 0 amide bonds. The Morgan fingerprint density at radius 1 is 1.07 bits per heavy atom. The van der Waals surface area contributed by atoms with Crippen LogP contribution in [0.2, 0.25) is 0 Å². The van der Waals surface area contributed by atoms with Gasteiger partial charge in [0.15, 0.2) is 0 Å². The van der Waals surface area contributed by atoms with Gasteiger partial charge in [0.25, 0.3) is 5.92 Å². The minimum atomic E-state index is -2.52. The van der Waals surface area contributed by atoms with Gasteiger partial charge in [-0.2, -0.15) is 0 Å². The van der Waals surface area contributed by atoms with Gasteiger partial charge in [0.2, 0.25) is 0 Å². The molecule has 0 bridgehead atoms. The van der Waals surface area contributed by atoms with Crippen molar-refractivity contribution >= 4 is 10.8 Å². The maximum absolute atomic E-state index is 13.8. The zero-order chi connectivity index (χ0) is 20.4. The summed E-state index contributed by atoms with van der Waals surface area (Å²) in [6.07, 6.45) is 7.16. The lowest BCUT2D eigenvalue weighted by Gasteiger charge is -2.26. The van der Waals surface area contributed by atoms with Crippen LogP contribution in [0.1, 0.15) is 42.7 Å². The van der Waals surface area contributed by atoms with Crippen LogP contribution in [0, 0.1) is 5.82 Å². The van der Waals surface area contributed by atoms with Crippen molar-refractivity contribution in [2.24, 2.45) is 0 Å². The molecule has 2 N–H and O–H groups in total. The molecule has 1 atom stereocenters. The van der Waals surface area contributed by atoms with Gasteiger partial charge in [-0.15, -0.1) is 0 Å². The molecule has 1 heterocycles. The van der Waals surface area contributed by atoms with Crippen LogP contribution in [0.5, 0.6) is 5.75 Å². The fourth-order valence-electron chi connectivity index (χ4n) is 3.53. The van der Waals surface area contributed by atoms with Gasteiger partial charge in [-0.25, -0.2) is 13.2 Å². The summed E-state index contributed by atoms with van der Waals surface area (Å²) in [6.45, 7) is 0.609. The van der Waals surface area contributed by atoms with E-state index in [-0.39, 0.29) is 18.0 Å². The third-order valence-corrected chi connectivity index (χ3v) is 5.67. The lowest BCUT2D eigenvalue weighted by Crippen LogP contribution is -2.34. The predicted molar refractivity (Wildman–Crippen MR) is 107 cm³/mol. The minimum absolute atomic E-state index is 0.0578. The van der Waals surface area contributed by atoms with E-state index >= 15 is 0 Å². The summed E-state index contributed by atoms with van der Waals surface area (Å²) in [5, 5.41) is 14.3. The normalized spacial score (nSPS) is 19.9. The second-order valence-corrected chi connectivity index (χ2v) is 7.74. The van der Waals surface area contributed by atoms with Crippen molar-refractivity contribution in [3.8, 4) is 5.75 Å². The average Bonchev–Trinajstić information content (AvgIpc) is 3.31. The van der Waals surface area contributed by atoms with Crippen molar-refractivity contribution in [3.05, 3.63) is 71.8 Å². The molecule has 5 rings (SSSR count). The highest BCUT2D eigenvalue weighted by molar-refractivity contribution is 5.84. The fraction of sp³-hybridized carbons (Fsp3) is 0.348. The number of halogens is 3. The molecule has 152 valence electrons. The molecule has 0 radical (unpaired) electrons. The van der Waals surface area contributed by atoms with Gasteiger partial charge in [-0.1, -0.05) is 18.6 Å². The van der Waals surface area contributed by atoms with Crippen LogP contribution in [-0.4, -0.2) is 22.1 Å². The molecular formula is C23H23F3N2O. The number of phenolic OH excluding ortho intramolecular Hbond substituents is 1. The highest BCUT2D eigenvalue weighted by atomic mass is 19.3. The van der Waals surface area contributed by atoms with E-state index in [9.17, 15) is 13.2 Å². The number of nitrogens with one attached hydrogen (secondary N) is 1. The number of aromatic hydroxyl groups is 1. The summed E-state index contributed by atoms with van der Waals surface area (Å²) in [6, 6.07) is 11.7. The molecule has 0 spiro atoms. The van der Waals surface area contributed by atoms with Crippen molar-refractivity contribution in [2.75, 3.05) is 0 Å². The standard InChI is InChI=1S/C14H15FN2.C9H8F2O/c15-14-5-4-10-8-16-7-6-12(10)13(14)9-17-11-2-1-3-11;10-9(11)5-8(9)6-1-3-7(12)4-2-6/h4-8,11,17H,1-3,9H2;1-4,8,12H,5H2. The number of benzene rings is 2. The first kappa shape index (κ1) is 19.7. The number of rotatable bonds is 4. The lowest BCUT2D eigenvalue weighted by atomic mass is 9.93. The van der Waals surface area contributed by atoms with Crippen LogP contribution in [0.3, 0.4) is 0 Å². The average molecular weight is 400 g/mol. The number of phenols is 1. The molecule has 6 heteroatoms. The molecule has 2 aliphatic carbocycles. The number of hydrogen-bond donors (Lipinski definition) is 2. The van der Waals surface area contributed by atoms with Crippen LogP contribution in [-0.2, 0) is 6.54 Å². The minimum Gasteiger partial charge on any atom is -0.508 e. The van der Waals surface area contributed by atoms with E-state index in [4.69, 9.17) is 5.11 Å². The number of pyridine rings is 1. The molecule has 1 unspecified atom stereocenters. The Bertz CT molecular complexity index is 987. The summed E-state index contributed by atoms with van der Waals surface area (Å²) in [4.78, 5) is 4.06. The summed E-state index contributed by atoms with van der Waals surface area (Å²) in [5.74, 6) is -3.16. The van der Waals surface area contributed by atoms with Gasteiger partial charge < -0.3 is 10.4 Å². The molecule has 0 aliphatic heterocycles. The van der Waals surface area contributed by atoms with E-state index < -0.39 is 11.8 Å². The molecule has 2 saturated carbocycles. The third-order valence-electron chi connectivity index (χ3n) is 5.67. The highest BCUT2D eigenvalue weighted by Crippen LogP contribution is 2.55. The molecule has 2 aliphatic rings. The second kappa shape index (κ2) is 8.03. The second-order valence-electron chi connectivity index (χ2n) is 7.74. The largest absolute Gasteiger partial charge is 0.508 e. The Labute approximate surface area is 167 Å². The number of hydrogen-bond acceptors (Lipinski definition) is 3. The number of fused-ring (bicyclic) bond motifs is 1. The first-order valence-corrected chi connectivity index (χ1v) is 9.85. The summed E-state index contributed by atoms with van der Waals surface area (Å²) >= 11 is 0. The van der Waals surface area contributed by atoms with Crippen LogP contribution in [0.4, 0.5) is 13.2 Å². The number of aromatic nitrogens is 1. The van der Waals surface area contributed by atoms with Crippen LogP contribution in [0.15, 0.2) is 54.9 Å². The molecule has 1 aromatic heterocycles. The van der Waals surface area contributed by atoms with E-state index in [1.54, 1.807) is 30.6 Å². The van der Waals surface area contributed by atoms with Crippen molar-refractivity contribution in [3.63, 3.8) is 0 Å². The van der Waals surface area contributed by atoms with Gasteiger partial charge in [-0.05, 0) is 54.1 Å². The fourth-order valence-corrected chi connectivity index (χ4v) is 3.53. The van der Waals surface area contributed by atoms with Crippen molar-refractivity contribution in [1.29, 1.82) is 0 Å². The molecule has 2 fully saturated rings. The highest BCUT2D eigenvalue weighted by Gasteiger charge is 2.57. The number of nitrogens with zero attached hydrogens (tertiary/aromatic N) is 1. The summed E-state index contributed by atoms with van der Waals surface area (Å²) in [7, 11) is 0. The van der Waals surface area contributed by atoms with E-state index in [1.165, 1.54) is 37.5 Å². The van der Waals surface area contributed by atoms with E-state index in [0.29, 0.717) is 18.2 Å². The maximum Gasteiger partial charge on any atom is 0.255 e. The Kier molecular flexibility index (Phi) is 5.46. The van der Waals surface area contributed by atoms with Crippen LogP contribution in [0.25, 0.3) is 10.8 Å². The molecule has 3 nitrogen and oxygen atoms in total. The Morgan fingerprint density at radius 3 is 2.41 bits per heavy atom. The Balaban J connectivity index is 0.000000150. The topological polar surface area (TPSA) is 45.2 Å². The molecule has 2 aromatic carbocycles. The van der Waals surface area contributed by atoms with Crippen molar-refractivity contribution in [1.82, 2.24) is 10.3 Å². The maximum atomic E-state index is 13.8. The Hall–Kier alpha value is -2.60. The smallest absolute Gasteiger partial charge is 0.255 e. The van der Waals surface area contributed by atoms with Gasteiger partial charge in [-0.3, -0.25) is 4.98 Å². The van der Waals surface area contributed by atoms with Gasteiger partial charge in [0.1, 0.15) is 11.6 Å². The lowest BCUT2D eigenvalue weighted by molar-refractivity contribution is 0.112. The van der Waals surface area contributed by atoms with E-state index in [0.717, 1.165) is 16.3 Å². The molecule has 0 saturated heterocycles. The first-order chi connectivity index (χ1) is 13.9. The molecule has 3 aromatic rings. The SMILES string of the molecule is Fc1ccc2cnccc2c1CNC1CCC1.Oc1ccc(C2CC2(F)F)cc1. The van der Waals surface area contributed by atoms with Crippen LogP contribution >= 0.6 is 0 Å². The third kappa shape index (κ3) is 4.53. The van der Waals surface area contributed by atoms with Crippen LogP contribution < -0.4 is 5.32 Å². The zero-order valence-corrected chi connectivity index (χ0v) is 15.9. The van der Waals surface area contributed by atoms with Crippen molar-refractivity contribution in [2.45, 2.75) is 50.1 Å². The molecule has 29 heavy (non-hydrogen) atoms. The zero-order valence-electron chi connectivity index (χ0n) is 15.9. The quantitative estimate of drug-likeness (QED) is 0.605. The predicted octanol–water partition coefficient (Wildman–Crippen LogP) is 5.53. The van der Waals surface area contributed by atoms with Gasteiger partial charge in [0.05, 0.1) is 5.92 Å². The van der Waals surface area contributed by atoms with Gasteiger partial charge >= 0.3 is 0 Å². The summed E-state index contributed by atoms with van der Waals surface area (Å²) in [5.41, 5.74) is 1.37.